The molecule has 2 atom stereocenters. The van der Waals surface area contributed by atoms with E-state index < -0.39 is 10.8 Å². The van der Waals surface area contributed by atoms with Gasteiger partial charge in [-0.15, -0.1) is 0 Å². The van der Waals surface area contributed by atoms with Crippen molar-refractivity contribution in [1.29, 1.82) is 0 Å². The zero-order chi connectivity index (χ0) is 21.6. The van der Waals surface area contributed by atoms with Crippen molar-refractivity contribution in [3.63, 3.8) is 0 Å². The molecule has 2 unspecified atom stereocenters. The van der Waals surface area contributed by atoms with E-state index in [9.17, 15) is 4.79 Å². The number of nitrogens with zero attached hydrogens (tertiary/aromatic N) is 2. The van der Waals surface area contributed by atoms with Crippen LogP contribution in [-0.2, 0) is 28.1 Å². The van der Waals surface area contributed by atoms with Gasteiger partial charge in [0.25, 0.3) is 5.91 Å². The van der Waals surface area contributed by atoms with Crippen molar-refractivity contribution < 1.29 is 9.63 Å². The Balaban J connectivity index is 1.61. The Morgan fingerprint density at radius 3 is 2.10 bits per heavy atom. The van der Waals surface area contributed by atoms with Crippen LogP contribution in [0.1, 0.15) is 30.5 Å². The molecule has 0 N–H and O–H groups in total. The van der Waals surface area contributed by atoms with Crippen molar-refractivity contribution in [2.75, 3.05) is 11.9 Å². The average molecular weight is 413 g/mol. The predicted octanol–water partition coefficient (Wildman–Crippen LogP) is 4.94. The third-order valence-electron chi connectivity index (χ3n) is 7.18. The summed E-state index contributed by atoms with van der Waals surface area (Å²) in [6.07, 6.45) is 0.556. The molecule has 4 nitrogen and oxygen atoms in total. The standard InChI is InChI=1S/C27H28N2O2/c1-26(2)25(30)29(31-19-21-14-8-5-9-15-21)24-27(26,18-20-12-6-4-7-13-20)22-16-10-11-17-23(22)28(24)3/h4-17,24H,18-19H2,1-3H3. The van der Waals surface area contributed by atoms with E-state index in [1.165, 1.54) is 11.1 Å². The minimum atomic E-state index is -0.634. The Bertz CT molecular complexity index is 1100. The first kappa shape index (κ1) is 19.8. The van der Waals surface area contributed by atoms with Crippen LogP contribution < -0.4 is 4.90 Å². The van der Waals surface area contributed by atoms with Crippen molar-refractivity contribution in [1.82, 2.24) is 5.06 Å². The highest BCUT2D eigenvalue weighted by Crippen LogP contribution is 2.61. The highest BCUT2D eigenvalue weighted by molar-refractivity contribution is 5.90. The lowest BCUT2D eigenvalue weighted by Gasteiger charge is -2.40. The van der Waals surface area contributed by atoms with Gasteiger partial charge >= 0.3 is 0 Å². The van der Waals surface area contributed by atoms with Gasteiger partial charge in [0, 0.05) is 12.7 Å². The maximum absolute atomic E-state index is 13.8. The Morgan fingerprint density at radius 2 is 1.42 bits per heavy atom. The van der Waals surface area contributed by atoms with E-state index in [0.29, 0.717) is 6.61 Å². The Kier molecular flexibility index (Phi) is 4.63. The first-order chi connectivity index (χ1) is 15.0. The van der Waals surface area contributed by atoms with Crippen LogP contribution in [0.15, 0.2) is 84.9 Å². The SMILES string of the molecule is CN1c2ccccc2C2(Cc3ccccc3)C1N(OCc1ccccc1)C(=O)C2(C)C. The Hall–Kier alpha value is -3.11. The number of carbonyl (C=O) groups is 1. The molecule has 0 aromatic heterocycles. The Morgan fingerprint density at radius 1 is 0.839 bits per heavy atom. The largest absolute Gasteiger partial charge is 0.351 e. The third-order valence-corrected chi connectivity index (χ3v) is 7.18. The quantitative estimate of drug-likeness (QED) is 0.595. The molecule has 4 heteroatoms. The summed E-state index contributed by atoms with van der Waals surface area (Å²) in [6, 6.07) is 29.0. The van der Waals surface area contributed by atoms with Crippen molar-refractivity contribution >= 4 is 11.6 Å². The van der Waals surface area contributed by atoms with Gasteiger partial charge in [-0.1, -0.05) is 78.9 Å². The number of rotatable bonds is 5. The normalized spacial score (nSPS) is 23.7. The molecule has 0 spiro atoms. The van der Waals surface area contributed by atoms with Crippen molar-refractivity contribution in [3.8, 4) is 0 Å². The zero-order valence-corrected chi connectivity index (χ0v) is 18.3. The average Bonchev–Trinajstić information content (AvgIpc) is 3.14. The van der Waals surface area contributed by atoms with Gasteiger partial charge in [-0.2, -0.15) is 5.06 Å². The molecule has 1 amide bonds. The van der Waals surface area contributed by atoms with Gasteiger partial charge in [0.1, 0.15) is 12.8 Å². The number of fused-ring (bicyclic) bond motifs is 3. The van der Waals surface area contributed by atoms with Crippen LogP contribution in [0.4, 0.5) is 5.69 Å². The predicted molar refractivity (Wildman–Crippen MR) is 122 cm³/mol. The summed E-state index contributed by atoms with van der Waals surface area (Å²) in [5.74, 6) is 0.0331. The van der Waals surface area contributed by atoms with E-state index in [4.69, 9.17) is 4.84 Å². The number of hydrogen-bond donors (Lipinski definition) is 0. The number of likely N-dealkylation sites (N-methyl/N-ethyl adjacent to an activating group) is 1. The summed E-state index contributed by atoms with van der Waals surface area (Å²) >= 11 is 0. The van der Waals surface area contributed by atoms with Crippen LogP contribution in [0.3, 0.4) is 0 Å². The second kappa shape index (κ2) is 7.24. The zero-order valence-electron chi connectivity index (χ0n) is 18.3. The first-order valence-electron chi connectivity index (χ1n) is 10.8. The summed E-state index contributed by atoms with van der Waals surface area (Å²) in [7, 11) is 2.07. The number of hydroxylamine groups is 2. The minimum absolute atomic E-state index is 0.0331. The fourth-order valence-electron chi connectivity index (χ4n) is 5.53. The highest BCUT2D eigenvalue weighted by atomic mass is 16.7. The summed E-state index contributed by atoms with van der Waals surface area (Å²) in [5.41, 5.74) is 3.60. The number of benzene rings is 3. The molecule has 31 heavy (non-hydrogen) atoms. The number of para-hydroxylation sites is 1. The molecule has 3 aromatic carbocycles. The minimum Gasteiger partial charge on any atom is -0.351 e. The summed E-state index contributed by atoms with van der Waals surface area (Å²) in [4.78, 5) is 22.3. The number of hydrogen-bond acceptors (Lipinski definition) is 3. The maximum atomic E-state index is 13.8. The molecule has 158 valence electrons. The smallest absolute Gasteiger partial charge is 0.254 e. The van der Waals surface area contributed by atoms with Gasteiger partial charge in [-0.05, 0) is 43.0 Å². The van der Waals surface area contributed by atoms with Gasteiger partial charge in [0.15, 0.2) is 0 Å². The van der Waals surface area contributed by atoms with Gasteiger partial charge in [-0.25, -0.2) is 0 Å². The molecule has 1 saturated heterocycles. The molecular weight excluding hydrogens is 384 g/mol. The Labute approximate surface area is 184 Å². The molecule has 5 rings (SSSR count). The molecule has 2 aliphatic rings. The number of anilines is 1. The second-order valence-electron chi connectivity index (χ2n) is 9.15. The topological polar surface area (TPSA) is 32.8 Å². The van der Waals surface area contributed by atoms with Crippen LogP contribution in [0.2, 0.25) is 0 Å². The fourth-order valence-corrected chi connectivity index (χ4v) is 5.53. The molecule has 2 aliphatic heterocycles. The molecule has 0 saturated carbocycles. The van der Waals surface area contributed by atoms with E-state index in [-0.39, 0.29) is 12.1 Å². The second-order valence-corrected chi connectivity index (χ2v) is 9.15. The first-order valence-corrected chi connectivity index (χ1v) is 10.8. The van der Waals surface area contributed by atoms with Gasteiger partial charge in [0.05, 0.1) is 10.8 Å². The number of carbonyl (C=O) groups excluding carboxylic acids is 1. The van der Waals surface area contributed by atoms with Crippen molar-refractivity contribution in [2.45, 2.75) is 38.5 Å². The van der Waals surface area contributed by atoms with E-state index in [0.717, 1.165) is 17.7 Å². The van der Waals surface area contributed by atoms with Crippen LogP contribution in [0.25, 0.3) is 0 Å². The van der Waals surface area contributed by atoms with E-state index in [2.05, 4.69) is 74.3 Å². The lowest BCUT2D eigenvalue weighted by molar-refractivity contribution is -0.198. The molecule has 0 bridgehead atoms. The van der Waals surface area contributed by atoms with Crippen LogP contribution in [0, 0.1) is 5.41 Å². The molecule has 3 aromatic rings. The van der Waals surface area contributed by atoms with Crippen LogP contribution >= 0.6 is 0 Å². The van der Waals surface area contributed by atoms with E-state index in [1.807, 2.05) is 36.4 Å². The summed E-state index contributed by atoms with van der Waals surface area (Å²) in [5, 5.41) is 1.65. The van der Waals surface area contributed by atoms with Gasteiger partial charge < -0.3 is 4.90 Å². The molecular formula is C27H28N2O2. The third kappa shape index (κ3) is 2.82. The fraction of sp³-hybridized carbons (Fsp3) is 0.296. The van der Waals surface area contributed by atoms with E-state index >= 15 is 0 Å². The van der Waals surface area contributed by atoms with Crippen LogP contribution in [0.5, 0.6) is 0 Å². The molecule has 0 radical (unpaired) electrons. The van der Waals surface area contributed by atoms with Crippen molar-refractivity contribution in [2.24, 2.45) is 5.41 Å². The lowest BCUT2D eigenvalue weighted by Crippen LogP contribution is -2.52. The molecule has 1 fully saturated rings. The van der Waals surface area contributed by atoms with Gasteiger partial charge in [-0.3, -0.25) is 9.63 Å². The van der Waals surface area contributed by atoms with Crippen LogP contribution in [-0.4, -0.2) is 24.2 Å². The molecule has 0 aliphatic carbocycles. The van der Waals surface area contributed by atoms with Gasteiger partial charge in [0.2, 0.25) is 0 Å². The molecule has 2 heterocycles. The maximum Gasteiger partial charge on any atom is 0.254 e. The summed E-state index contributed by atoms with van der Waals surface area (Å²) < 4.78 is 0. The highest BCUT2D eigenvalue weighted by Gasteiger charge is 2.70. The van der Waals surface area contributed by atoms with E-state index in [1.54, 1.807) is 5.06 Å². The lowest BCUT2D eigenvalue weighted by atomic mass is 9.60. The monoisotopic (exact) mass is 412 g/mol. The van der Waals surface area contributed by atoms with Crippen molar-refractivity contribution in [3.05, 3.63) is 102 Å². The number of amides is 1. The summed E-state index contributed by atoms with van der Waals surface area (Å²) in [6.45, 7) is 4.52.